The van der Waals surface area contributed by atoms with Crippen LogP contribution in [0.4, 0.5) is 0 Å². The zero-order valence-electron chi connectivity index (χ0n) is 14.3. The van der Waals surface area contributed by atoms with Crippen molar-refractivity contribution in [3.63, 3.8) is 0 Å². The molecule has 1 saturated heterocycles. The van der Waals surface area contributed by atoms with E-state index >= 15 is 0 Å². The van der Waals surface area contributed by atoms with E-state index in [-0.39, 0.29) is 36.6 Å². The number of furan rings is 1. The molecule has 1 amide bonds. The molecule has 6 nitrogen and oxygen atoms in total. The van der Waals surface area contributed by atoms with Crippen LogP contribution in [0.5, 0.6) is 0 Å². The Morgan fingerprint density at radius 2 is 2.04 bits per heavy atom. The van der Waals surface area contributed by atoms with Gasteiger partial charge in [-0.3, -0.25) is 4.79 Å². The fourth-order valence-electron chi connectivity index (χ4n) is 2.99. The molecule has 0 radical (unpaired) electrons. The summed E-state index contributed by atoms with van der Waals surface area (Å²) >= 11 is 0. The molecule has 1 aromatic carbocycles. The van der Waals surface area contributed by atoms with E-state index in [1.165, 1.54) is 0 Å². The second-order valence-corrected chi connectivity index (χ2v) is 6.34. The number of amides is 1. The number of para-hydroxylation sites is 1. The van der Waals surface area contributed by atoms with Gasteiger partial charge in [-0.2, -0.15) is 0 Å². The number of nitrogens with zero attached hydrogens (tertiary/aromatic N) is 1. The Hall–Kier alpha value is -1.31. The van der Waals surface area contributed by atoms with Crippen molar-refractivity contribution in [2.75, 3.05) is 33.7 Å². The first-order chi connectivity index (χ1) is 11.1. The summed E-state index contributed by atoms with van der Waals surface area (Å²) in [5, 5.41) is 16.8. The van der Waals surface area contributed by atoms with Crippen LogP contribution in [0.15, 0.2) is 28.7 Å². The van der Waals surface area contributed by atoms with Crippen molar-refractivity contribution < 1.29 is 14.3 Å². The van der Waals surface area contributed by atoms with Gasteiger partial charge in [0.15, 0.2) is 5.76 Å². The van der Waals surface area contributed by atoms with Crippen molar-refractivity contribution in [1.82, 2.24) is 15.5 Å². The quantitative estimate of drug-likeness (QED) is 0.724. The molecule has 25 heavy (non-hydrogen) atoms. The first-order valence-corrected chi connectivity index (χ1v) is 7.88. The predicted octanol–water partition coefficient (Wildman–Crippen LogP) is 1.65. The van der Waals surface area contributed by atoms with Crippen molar-refractivity contribution in [3.8, 4) is 0 Å². The third-order valence-corrected chi connectivity index (χ3v) is 4.21. The highest BCUT2D eigenvalue weighted by molar-refractivity contribution is 5.99. The van der Waals surface area contributed by atoms with Gasteiger partial charge in [-0.05, 0) is 20.2 Å². The summed E-state index contributed by atoms with van der Waals surface area (Å²) in [6.07, 6.45) is -0.410. The fraction of sp³-hybridized carbons (Fsp3) is 0.471. The van der Waals surface area contributed by atoms with Gasteiger partial charge in [0.1, 0.15) is 5.58 Å². The minimum absolute atomic E-state index is 0. The number of β-amino-alcohol motifs (C(OH)–C–C–N with tert-alkyl or cyclic N) is 1. The molecule has 1 fully saturated rings. The Kier molecular flexibility index (Phi) is 8.18. The molecule has 8 heteroatoms. The summed E-state index contributed by atoms with van der Waals surface area (Å²) in [4.78, 5) is 14.6. The van der Waals surface area contributed by atoms with Gasteiger partial charge in [-0.1, -0.05) is 18.2 Å². The molecule has 0 saturated carbocycles. The Labute approximate surface area is 159 Å². The third-order valence-electron chi connectivity index (χ3n) is 4.21. The van der Waals surface area contributed by atoms with E-state index in [4.69, 9.17) is 4.42 Å². The molecule has 1 aliphatic heterocycles. The van der Waals surface area contributed by atoms with E-state index in [1.807, 2.05) is 43.3 Å². The van der Waals surface area contributed by atoms with Gasteiger partial charge in [-0.15, -0.1) is 24.8 Å². The first kappa shape index (κ1) is 21.7. The fourth-order valence-corrected chi connectivity index (χ4v) is 2.99. The maximum Gasteiger partial charge on any atom is 0.287 e. The number of fused-ring (bicyclic) bond motifs is 1. The van der Waals surface area contributed by atoms with Gasteiger partial charge in [0.2, 0.25) is 0 Å². The van der Waals surface area contributed by atoms with Gasteiger partial charge in [0.05, 0.1) is 6.10 Å². The molecule has 3 rings (SSSR count). The summed E-state index contributed by atoms with van der Waals surface area (Å²) in [5.74, 6) is 0.179. The molecule has 0 spiro atoms. The Morgan fingerprint density at radius 1 is 1.32 bits per heavy atom. The van der Waals surface area contributed by atoms with Crippen LogP contribution in [0, 0.1) is 5.92 Å². The van der Waals surface area contributed by atoms with Crippen LogP contribution in [0.2, 0.25) is 0 Å². The largest absolute Gasteiger partial charge is 0.451 e. The summed E-state index contributed by atoms with van der Waals surface area (Å²) < 4.78 is 5.79. The Morgan fingerprint density at radius 3 is 2.68 bits per heavy atom. The molecule has 2 heterocycles. The maximum atomic E-state index is 12.6. The van der Waals surface area contributed by atoms with Gasteiger partial charge >= 0.3 is 0 Å². The predicted molar refractivity (Wildman–Crippen MR) is 103 cm³/mol. The number of aliphatic hydroxyl groups excluding tert-OH is 1. The minimum Gasteiger partial charge on any atom is -0.451 e. The average Bonchev–Trinajstić information content (AvgIpc) is 3.09. The maximum absolute atomic E-state index is 12.6. The highest BCUT2D eigenvalue weighted by atomic mass is 35.5. The van der Waals surface area contributed by atoms with Crippen molar-refractivity contribution in [2.45, 2.75) is 12.6 Å². The van der Waals surface area contributed by atoms with Crippen molar-refractivity contribution >= 4 is 41.7 Å². The van der Waals surface area contributed by atoms with E-state index in [2.05, 4.69) is 10.6 Å². The highest BCUT2D eigenvalue weighted by Crippen LogP contribution is 2.26. The van der Waals surface area contributed by atoms with E-state index in [1.54, 1.807) is 0 Å². The second kappa shape index (κ2) is 9.40. The molecule has 140 valence electrons. The summed E-state index contributed by atoms with van der Waals surface area (Å²) in [7, 11) is 3.92. The smallest absolute Gasteiger partial charge is 0.287 e. The monoisotopic (exact) mass is 389 g/mol. The SMILES string of the molecule is CN(C)Cc1c(C(=O)NCC2CNCC2O)oc2ccccc12.Cl.Cl. The second-order valence-electron chi connectivity index (χ2n) is 6.34. The number of hydrogen-bond acceptors (Lipinski definition) is 5. The van der Waals surface area contributed by atoms with Gasteiger partial charge in [-0.25, -0.2) is 0 Å². The summed E-state index contributed by atoms with van der Waals surface area (Å²) in [6, 6.07) is 7.68. The topological polar surface area (TPSA) is 77.7 Å². The number of nitrogens with one attached hydrogen (secondary N) is 2. The minimum atomic E-state index is -0.410. The molecule has 0 bridgehead atoms. The van der Waals surface area contributed by atoms with E-state index in [9.17, 15) is 9.90 Å². The van der Waals surface area contributed by atoms with Crippen molar-refractivity contribution in [2.24, 2.45) is 5.92 Å². The number of hydrogen-bond donors (Lipinski definition) is 3. The zero-order chi connectivity index (χ0) is 16.4. The highest BCUT2D eigenvalue weighted by Gasteiger charge is 2.27. The van der Waals surface area contributed by atoms with Crippen LogP contribution in [-0.4, -0.2) is 55.7 Å². The zero-order valence-corrected chi connectivity index (χ0v) is 16.0. The van der Waals surface area contributed by atoms with Gasteiger partial charge < -0.3 is 25.1 Å². The average molecular weight is 390 g/mol. The van der Waals surface area contributed by atoms with Crippen LogP contribution in [0.25, 0.3) is 11.0 Å². The van der Waals surface area contributed by atoms with Gasteiger partial charge in [0.25, 0.3) is 5.91 Å². The van der Waals surface area contributed by atoms with Gasteiger partial charge in [0, 0.05) is 43.0 Å². The standard InChI is InChI=1S/C17H23N3O3.2ClH/c1-20(2)10-13-12-5-3-4-6-15(12)23-16(13)17(22)19-8-11-7-18-9-14(11)21;;/h3-6,11,14,18,21H,7-10H2,1-2H3,(H,19,22);2*1H. The molecule has 1 aromatic heterocycles. The number of rotatable bonds is 5. The van der Waals surface area contributed by atoms with Crippen LogP contribution >= 0.6 is 24.8 Å². The number of aliphatic hydroxyl groups is 1. The number of carbonyl (C=O) groups is 1. The molecular weight excluding hydrogens is 365 g/mol. The molecule has 2 aromatic rings. The van der Waals surface area contributed by atoms with Crippen LogP contribution < -0.4 is 10.6 Å². The lowest BCUT2D eigenvalue weighted by atomic mass is 10.1. The molecule has 2 atom stereocenters. The summed E-state index contributed by atoms with van der Waals surface area (Å²) in [6.45, 7) is 2.36. The lowest BCUT2D eigenvalue weighted by Gasteiger charge is -2.14. The molecule has 0 aliphatic carbocycles. The molecule has 3 N–H and O–H groups in total. The number of carbonyl (C=O) groups excluding carboxylic acids is 1. The number of halogens is 2. The lowest BCUT2D eigenvalue weighted by Crippen LogP contribution is -2.34. The van der Waals surface area contributed by atoms with E-state index in [0.717, 1.165) is 16.5 Å². The lowest BCUT2D eigenvalue weighted by molar-refractivity contribution is 0.0900. The first-order valence-electron chi connectivity index (χ1n) is 7.88. The van der Waals surface area contributed by atoms with Crippen molar-refractivity contribution in [3.05, 3.63) is 35.6 Å². The van der Waals surface area contributed by atoms with Crippen LogP contribution in [0.1, 0.15) is 16.1 Å². The normalized spacial score (nSPS) is 19.5. The molecule has 1 aliphatic rings. The molecule has 2 unspecified atom stereocenters. The Bertz CT molecular complexity index is 706. The van der Waals surface area contributed by atoms with Crippen LogP contribution in [0.3, 0.4) is 0 Å². The molecular formula is C17H25Cl2N3O3. The number of benzene rings is 1. The Balaban J connectivity index is 0.00000156. The van der Waals surface area contributed by atoms with E-state index < -0.39 is 6.10 Å². The third kappa shape index (κ3) is 4.86. The van der Waals surface area contributed by atoms with Crippen LogP contribution in [-0.2, 0) is 6.54 Å². The van der Waals surface area contributed by atoms with Crippen molar-refractivity contribution in [1.29, 1.82) is 0 Å². The summed E-state index contributed by atoms with van der Waals surface area (Å²) in [5.41, 5.74) is 1.62. The van der Waals surface area contributed by atoms with E-state index in [0.29, 0.717) is 31.9 Å².